The Kier molecular flexibility index (Phi) is 4.19. The predicted molar refractivity (Wildman–Crippen MR) is 72.2 cm³/mol. The Bertz CT molecular complexity index is 330. The van der Waals surface area contributed by atoms with Crippen LogP contribution < -0.4 is 5.32 Å². The van der Waals surface area contributed by atoms with Crippen molar-refractivity contribution in [3.05, 3.63) is 34.0 Å². The smallest absolute Gasteiger partial charge is 0.0598 e. The van der Waals surface area contributed by atoms with E-state index in [9.17, 15) is 0 Å². The van der Waals surface area contributed by atoms with E-state index in [4.69, 9.17) is 0 Å². The maximum atomic E-state index is 3.92. The van der Waals surface area contributed by atoms with E-state index in [-0.39, 0.29) is 0 Å². The molecule has 1 aliphatic carbocycles. The van der Waals surface area contributed by atoms with Crippen molar-refractivity contribution in [2.24, 2.45) is 0 Å². The number of hydrogen-bond donors (Lipinski definition) is 1. The summed E-state index contributed by atoms with van der Waals surface area (Å²) in [5, 5.41) is 3.47. The number of likely N-dealkylation sites (N-methyl/N-ethyl adjacent to an activating group) is 1. The van der Waals surface area contributed by atoms with Gasteiger partial charge < -0.3 is 5.32 Å². The zero-order chi connectivity index (χ0) is 11.4. The average molecular weight is 235 g/mol. The largest absolute Gasteiger partial charge is 0.306 e. The minimum Gasteiger partial charge on any atom is -0.306 e. The van der Waals surface area contributed by atoms with Crippen LogP contribution in [0.1, 0.15) is 47.5 Å². The zero-order valence-corrected chi connectivity index (χ0v) is 10.9. The van der Waals surface area contributed by atoms with Crippen LogP contribution in [0.5, 0.6) is 0 Å². The summed E-state index contributed by atoms with van der Waals surface area (Å²) in [7, 11) is 0. The Morgan fingerprint density at radius 3 is 3.00 bits per heavy atom. The molecule has 16 heavy (non-hydrogen) atoms. The molecule has 1 N–H and O–H groups in total. The summed E-state index contributed by atoms with van der Waals surface area (Å²) in [6.45, 7) is 7.07. The van der Waals surface area contributed by atoms with Gasteiger partial charge in [-0.3, -0.25) is 0 Å². The fourth-order valence-electron chi connectivity index (χ4n) is 2.36. The third kappa shape index (κ3) is 2.55. The van der Waals surface area contributed by atoms with Crippen LogP contribution in [0.3, 0.4) is 0 Å². The topological polar surface area (TPSA) is 12.0 Å². The molecular weight excluding hydrogens is 214 g/mol. The van der Waals surface area contributed by atoms with Crippen LogP contribution in [0.2, 0.25) is 0 Å². The number of nitrogens with one attached hydrogen (secondary N) is 1. The minimum atomic E-state index is 0.349. The number of hydrogen-bond acceptors (Lipinski definition) is 2. The second-order valence-electron chi connectivity index (χ2n) is 4.43. The van der Waals surface area contributed by atoms with E-state index in [0.717, 1.165) is 6.54 Å². The van der Waals surface area contributed by atoms with Gasteiger partial charge in [0.2, 0.25) is 0 Å². The Balaban J connectivity index is 2.19. The van der Waals surface area contributed by atoms with Crippen molar-refractivity contribution in [2.45, 2.75) is 45.1 Å². The summed E-state index contributed by atoms with van der Waals surface area (Å²) in [6.07, 6.45) is 8.72. The molecular formula is C14H21NS. The molecule has 1 heterocycles. The molecule has 0 bridgehead atoms. The van der Waals surface area contributed by atoms with Crippen molar-refractivity contribution >= 4 is 11.3 Å². The molecule has 1 aromatic rings. The van der Waals surface area contributed by atoms with Crippen LogP contribution in [-0.2, 0) is 12.8 Å². The lowest BCUT2D eigenvalue weighted by atomic mass is 10.1. The summed E-state index contributed by atoms with van der Waals surface area (Å²) in [6, 6.07) is 2.75. The van der Waals surface area contributed by atoms with E-state index in [2.05, 4.69) is 24.9 Å². The highest BCUT2D eigenvalue weighted by Gasteiger charge is 2.15. The van der Waals surface area contributed by atoms with Gasteiger partial charge in [0.05, 0.1) is 6.04 Å². The fraction of sp³-hybridized carbons (Fsp3) is 0.571. The standard InChI is InChI=1S/C14H21NS/c1-3-12(15-4-2)14-10-11-8-6-5-7-9-13(11)16-14/h3,10,12,15H,1,4-9H2,2H3. The predicted octanol–water partition coefficient (Wildman–Crippen LogP) is 3.85. The van der Waals surface area contributed by atoms with Gasteiger partial charge in [0.15, 0.2) is 0 Å². The molecule has 2 heteroatoms. The van der Waals surface area contributed by atoms with Crippen LogP contribution in [0.25, 0.3) is 0 Å². The van der Waals surface area contributed by atoms with Gasteiger partial charge in [0.1, 0.15) is 0 Å². The lowest BCUT2D eigenvalue weighted by molar-refractivity contribution is 0.657. The molecule has 0 aromatic carbocycles. The molecule has 0 radical (unpaired) electrons. The molecule has 0 amide bonds. The van der Waals surface area contributed by atoms with Crippen molar-refractivity contribution in [1.82, 2.24) is 5.32 Å². The van der Waals surface area contributed by atoms with Gasteiger partial charge in [0.25, 0.3) is 0 Å². The van der Waals surface area contributed by atoms with Crippen LogP contribution in [-0.4, -0.2) is 6.54 Å². The zero-order valence-electron chi connectivity index (χ0n) is 10.1. The Morgan fingerprint density at radius 2 is 2.25 bits per heavy atom. The van der Waals surface area contributed by atoms with Gasteiger partial charge in [-0.25, -0.2) is 0 Å². The first-order chi connectivity index (χ1) is 7.85. The van der Waals surface area contributed by atoms with Gasteiger partial charge in [-0.2, -0.15) is 0 Å². The summed E-state index contributed by atoms with van der Waals surface area (Å²) >= 11 is 1.99. The number of aryl methyl sites for hydroxylation is 2. The third-order valence-electron chi connectivity index (χ3n) is 3.23. The summed E-state index contributed by atoms with van der Waals surface area (Å²) < 4.78 is 0. The molecule has 1 nitrogen and oxygen atoms in total. The number of rotatable bonds is 4. The molecule has 0 saturated heterocycles. The summed E-state index contributed by atoms with van der Waals surface area (Å²) in [5.74, 6) is 0. The minimum absolute atomic E-state index is 0.349. The fourth-order valence-corrected chi connectivity index (χ4v) is 3.69. The summed E-state index contributed by atoms with van der Waals surface area (Å²) in [5.41, 5.74) is 1.60. The first-order valence-corrected chi connectivity index (χ1v) is 7.14. The number of thiophene rings is 1. The first-order valence-electron chi connectivity index (χ1n) is 6.32. The molecule has 0 aliphatic heterocycles. The van der Waals surface area contributed by atoms with Crippen molar-refractivity contribution in [1.29, 1.82) is 0 Å². The van der Waals surface area contributed by atoms with Crippen molar-refractivity contribution < 1.29 is 0 Å². The molecule has 1 aliphatic rings. The number of fused-ring (bicyclic) bond motifs is 1. The van der Waals surface area contributed by atoms with Crippen molar-refractivity contribution in [3.8, 4) is 0 Å². The highest BCUT2D eigenvalue weighted by molar-refractivity contribution is 7.12. The normalized spacial score (nSPS) is 17.6. The molecule has 1 unspecified atom stereocenters. The third-order valence-corrected chi connectivity index (χ3v) is 4.55. The van der Waals surface area contributed by atoms with Crippen LogP contribution in [0, 0.1) is 0 Å². The molecule has 0 saturated carbocycles. The molecule has 1 atom stereocenters. The van der Waals surface area contributed by atoms with E-state index >= 15 is 0 Å². The molecule has 2 rings (SSSR count). The maximum absolute atomic E-state index is 3.92. The second-order valence-corrected chi connectivity index (χ2v) is 5.60. The van der Waals surface area contributed by atoms with Gasteiger partial charge >= 0.3 is 0 Å². The van der Waals surface area contributed by atoms with Crippen LogP contribution in [0.4, 0.5) is 0 Å². The Morgan fingerprint density at radius 1 is 1.44 bits per heavy atom. The van der Waals surface area contributed by atoms with E-state index in [1.807, 2.05) is 17.4 Å². The van der Waals surface area contributed by atoms with E-state index in [1.165, 1.54) is 37.0 Å². The van der Waals surface area contributed by atoms with Gasteiger partial charge in [-0.1, -0.05) is 19.4 Å². The highest BCUT2D eigenvalue weighted by Crippen LogP contribution is 2.32. The SMILES string of the molecule is C=CC(NCC)c1cc2c(s1)CCCCC2. The molecule has 1 aromatic heterocycles. The van der Waals surface area contributed by atoms with Crippen molar-refractivity contribution in [3.63, 3.8) is 0 Å². The quantitative estimate of drug-likeness (QED) is 0.617. The second kappa shape index (κ2) is 5.65. The monoisotopic (exact) mass is 235 g/mol. The summed E-state index contributed by atoms with van der Waals surface area (Å²) in [4.78, 5) is 3.07. The van der Waals surface area contributed by atoms with E-state index in [1.54, 1.807) is 10.4 Å². The molecule has 88 valence electrons. The first kappa shape index (κ1) is 11.9. The lowest BCUT2D eigenvalue weighted by Crippen LogP contribution is -2.17. The Labute approximate surface area is 103 Å². The molecule has 0 fully saturated rings. The average Bonchev–Trinajstić information content (AvgIpc) is 2.57. The Hall–Kier alpha value is -0.600. The van der Waals surface area contributed by atoms with E-state index < -0.39 is 0 Å². The lowest BCUT2D eigenvalue weighted by Gasteiger charge is -2.10. The van der Waals surface area contributed by atoms with Crippen LogP contribution in [0.15, 0.2) is 18.7 Å². The van der Waals surface area contributed by atoms with Crippen LogP contribution >= 0.6 is 11.3 Å². The van der Waals surface area contributed by atoms with E-state index in [0.29, 0.717) is 6.04 Å². The highest BCUT2D eigenvalue weighted by atomic mass is 32.1. The van der Waals surface area contributed by atoms with Gasteiger partial charge in [-0.15, -0.1) is 17.9 Å². The van der Waals surface area contributed by atoms with Crippen molar-refractivity contribution in [2.75, 3.05) is 6.54 Å². The molecule has 0 spiro atoms. The van der Waals surface area contributed by atoms with Gasteiger partial charge in [-0.05, 0) is 43.9 Å². The van der Waals surface area contributed by atoms with Gasteiger partial charge in [0, 0.05) is 9.75 Å². The maximum Gasteiger partial charge on any atom is 0.0598 e.